The van der Waals surface area contributed by atoms with Crippen LogP contribution in [-0.2, 0) is 11.2 Å². The second-order valence-electron chi connectivity index (χ2n) is 9.54. The van der Waals surface area contributed by atoms with Gasteiger partial charge in [0.25, 0.3) is 0 Å². The average Bonchev–Trinajstić information content (AvgIpc) is 2.86. The zero-order valence-corrected chi connectivity index (χ0v) is 20.3. The minimum Gasteiger partial charge on any atom is -0.459 e. The van der Waals surface area contributed by atoms with Crippen molar-refractivity contribution in [3.8, 4) is 17.3 Å². The Labute approximate surface area is 199 Å². The Morgan fingerprint density at radius 1 is 1.03 bits per heavy atom. The lowest BCUT2D eigenvalue weighted by Gasteiger charge is -2.34. The van der Waals surface area contributed by atoms with E-state index in [0.29, 0.717) is 5.56 Å². The number of benzene rings is 1. The fourth-order valence-corrected chi connectivity index (χ4v) is 4.77. The van der Waals surface area contributed by atoms with Gasteiger partial charge in [-0.05, 0) is 62.3 Å². The number of unbranched alkanes of at least 4 members (excludes halogenated alkanes) is 4. The van der Waals surface area contributed by atoms with E-state index in [1.165, 1.54) is 31.2 Å². The van der Waals surface area contributed by atoms with Crippen LogP contribution in [0.3, 0.4) is 0 Å². The van der Waals surface area contributed by atoms with Crippen LogP contribution < -0.4 is 0 Å². The van der Waals surface area contributed by atoms with Crippen molar-refractivity contribution in [1.29, 1.82) is 5.26 Å². The molecule has 0 N–H and O–H groups in total. The van der Waals surface area contributed by atoms with E-state index in [1.807, 2.05) is 36.5 Å². The van der Waals surface area contributed by atoms with E-state index < -0.39 is 0 Å². The molecule has 1 fully saturated rings. The molecular formula is C29H38N2O2. The summed E-state index contributed by atoms with van der Waals surface area (Å²) in [5.74, 6) is -0.276. The molecule has 1 aliphatic rings. The Balaban J connectivity index is 1.49. The summed E-state index contributed by atoms with van der Waals surface area (Å²) in [6.45, 7) is 4.38. The average molecular weight is 447 g/mol. The molecule has 0 amide bonds. The van der Waals surface area contributed by atoms with E-state index in [0.717, 1.165) is 62.6 Å². The van der Waals surface area contributed by atoms with Gasteiger partial charge in [0.15, 0.2) is 0 Å². The molecule has 176 valence electrons. The Morgan fingerprint density at radius 2 is 1.76 bits per heavy atom. The van der Waals surface area contributed by atoms with Crippen LogP contribution in [0.4, 0.5) is 0 Å². The van der Waals surface area contributed by atoms with Gasteiger partial charge in [-0.1, -0.05) is 70.6 Å². The number of nitrogens with zero attached hydrogens (tertiary/aromatic N) is 2. The number of rotatable bonds is 11. The molecule has 1 heterocycles. The minimum atomic E-state index is -0.276. The molecular weight excluding hydrogens is 408 g/mol. The zero-order valence-electron chi connectivity index (χ0n) is 20.3. The summed E-state index contributed by atoms with van der Waals surface area (Å²) in [5, 5.41) is 9.79. The first-order chi connectivity index (χ1) is 16.1. The molecule has 4 heteroatoms. The predicted molar refractivity (Wildman–Crippen MR) is 133 cm³/mol. The molecule has 4 nitrogen and oxygen atoms in total. The molecule has 0 atom stereocenters. The van der Waals surface area contributed by atoms with E-state index >= 15 is 0 Å². The third-order valence-electron chi connectivity index (χ3n) is 6.94. The molecule has 0 radical (unpaired) electrons. The largest absolute Gasteiger partial charge is 0.459 e. The van der Waals surface area contributed by atoms with Crippen LogP contribution in [0.5, 0.6) is 0 Å². The summed E-state index contributed by atoms with van der Waals surface area (Å²) in [4.78, 5) is 17.2. The van der Waals surface area contributed by atoms with Crippen molar-refractivity contribution >= 4 is 5.97 Å². The van der Waals surface area contributed by atoms with Gasteiger partial charge in [-0.15, -0.1) is 0 Å². The lowest BCUT2D eigenvalue weighted by Crippen LogP contribution is -2.31. The van der Waals surface area contributed by atoms with Gasteiger partial charge in [-0.2, -0.15) is 5.26 Å². The highest BCUT2D eigenvalue weighted by Crippen LogP contribution is 2.41. The molecule has 1 aliphatic carbocycles. The lowest BCUT2D eigenvalue weighted by molar-refractivity contribution is 0.0105. The molecule has 0 unspecified atom stereocenters. The number of ether oxygens (including phenoxy) is 1. The number of esters is 1. The zero-order chi connectivity index (χ0) is 23.5. The minimum absolute atomic E-state index is 0.0912. The van der Waals surface area contributed by atoms with Crippen molar-refractivity contribution in [3.63, 3.8) is 0 Å². The number of hydrogen-bond donors (Lipinski definition) is 0. The van der Waals surface area contributed by atoms with Crippen LogP contribution in [0.25, 0.3) is 11.3 Å². The molecule has 0 saturated heterocycles. The second kappa shape index (κ2) is 12.5. The van der Waals surface area contributed by atoms with Crippen molar-refractivity contribution in [2.24, 2.45) is 5.41 Å². The van der Waals surface area contributed by atoms with E-state index in [9.17, 15) is 10.1 Å². The van der Waals surface area contributed by atoms with E-state index in [2.05, 4.69) is 31.0 Å². The highest BCUT2D eigenvalue weighted by molar-refractivity contribution is 5.90. The first-order valence-electron chi connectivity index (χ1n) is 12.8. The Kier molecular flexibility index (Phi) is 9.48. The van der Waals surface area contributed by atoms with Crippen molar-refractivity contribution in [3.05, 3.63) is 53.7 Å². The fourth-order valence-electron chi connectivity index (χ4n) is 4.77. The molecule has 1 saturated carbocycles. The van der Waals surface area contributed by atoms with Gasteiger partial charge < -0.3 is 4.74 Å². The van der Waals surface area contributed by atoms with Gasteiger partial charge in [0.1, 0.15) is 6.10 Å². The maximum Gasteiger partial charge on any atom is 0.338 e. The fraction of sp³-hybridized carbons (Fsp3) is 0.552. The number of nitriles is 1. The molecule has 0 bridgehead atoms. The SMILES string of the molecule is CCCCCCCC1(C#N)CCC(OC(=O)c2ccc(-c3ccc(CCC)cn3)cc2)CC1. The number of carbonyl (C=O) groups is 1. The third-order valence-corrected chi connectivity index (χ3v) is 6.94. The van der Waals surface area contributed by atoms with E-state index in [-0.39, 0.29) is 17.5 Å². The van der Waals surface area contributed by atoms with Crippen molar-refractivity contribution < 1.29 is 9.53 Å². The van der Waals surface area contributed by atoms with Crippen LogP contribution in [0.15, 0.2) is 42.6 Å². The molecule has 1 aromatic heterocycles. The van der Waals surface area contributed by atoms with Crippen LogP contribution in [0.1, 0.15) is 100 Å². The third kappa shape index (κ3) is 7.16. The Bertz CT molecular complexity index is 904. The molecule has 0 aliphatic heterocycles. The molecule has 3 rings (SSSR count). The number of aryl methyl sites for hydroxylation is 1. The van der Waals surface area contributed by atoms with Gasteiger partial charge in [-0.3, -0.25) is 4.98 Å². The first-order valence-corrected chi connectivity index (χ1v) is 12.8. The van der Waals surface area contributed by atoms with Gasteiger partial charge in [0.2, 0.25) is 0 Å². The van der Waals surface area contributed by atoms with Gasteiger partial charge in [0, 0.05) is 11.8 Å². The normalized spacial score (nSPS) is 20.2. The lowest BCUT2D eigenvalue weighted by atomic mass is 9.71. The van der Waals surface area contributed by atoms with Crippen LogP contribution >= 0.6 is 0 Å². The molecule has 2 aromatic rings. The van der Waals surface area contributed by atoms with Gasteiger partial charge in [-0.25, -0.2) is 4.79 Å². The molecule has 1 aromatic carbocycles. The van der Waals surface area contributed by atoms with E-state index in [1.54, 1.807) is 0 Å². The highest BCUT2D eigenvalue weighted by atomic mass is 16.5. The summed E-state index contributed by atoms with van der Waals surface area (Å²) < 4.78 is 5.80. The first kappa shape index (κ1) is 25.0. The van der Waals surface area contributed by atoms with Gasteiger partial charge in [0.05, 0.1) is 22.7 Å². The maximum atomic E-state index is 12.7. The summed E-state index contributed by atoms with van der Waals surface area (Å²) in [7, 11) is 0. The monoisotopic (exact) mass is 446 g/mol. The number of carbonyl (C=O) groups excluding carboxylic acids is 1. The van der Waals surface area contributed by atoms with Crippen molar-refractivity contribution in [2.45, 2.75) is 97.0 Å². The quantitative estimate of drug-likeness (QED) is 0.262. The smallest absolute Gasteiger partial charge is 0.338 e. The summed E-state index contributed by atoms with van der Waals surface area (Å²) in [6, 6.07) is 14.2. The van der Waals surface area contributed by atoms with E-state index in [4.69, 9.17) is 4.74 Å². The Morgan fingerprint density at radius 3 is 2.36 bits per heavy atom. The number of pyridine rings is 1. The predicted octanol–water partition coefficient (Wildman–Crippen LogP) is 7.67. The number of hydrogen-bond acceptors (Lipinski definition) is 4. The van der Waals surface area contributed by atoms with Crippen LogP contribution in [-0.4, -0.2) is 17.1 Å². The number of aromatic nitrogens is 1. The maximum absolute atomic E-state index is 12.7. The molecule has 33 heavy (non-hydrogen) atoms. The topological polar surface area (TPSA) is 63.0 Å². The van der Waals surface area contributed by atoms with Crippen LogP contribution in [0.2, 0.25) is 0 Å². The summed E-state index contributed by atoms with van der Waals surface area (Å²) in [6.07, 6.45) is 14.3. The standard InChI is InChI=1S/C29H38N2O2/c1-3-5-6-7-8-18-29(22-30)19-16-26(17-20-29)33-28(32)25-13-11-24(12-14-25)27-15-10-23(9-4-2)21-31-27/h10-15,21,26H,3-9,16-20H2,1-2H3. The molecule has 0 spiro atoms. The highest BCUT2D eigenvalue weighted by Gasteiger charge is 2.36. The summed E-state index contributed by atoms with van der Waals surface area (Å²) >= 11 is 0. The van der Waals surface area contributed by atoms with Gasteiger partial charge >= 0.3 is 5.97 Å². The Hall–Kier alpha value is -2.67. The van der Waals surface area contributed by atoms with Crippen molar-refractivity contribution in [2.75, 3.05) is 0 Å². The summed E-state index contributed by atoms with van der Waals surface area (Å²) in [5.41, 5.74) is 3.48. The van der Waals surface area contributed by atoms with Crippen molar-refractivity contribution in [1.82, 2.24) is 4.98 Å². The van der Waals surface area contributed by atoms with Crippen LogP contribution in [0, 0.1) is 16.7 Å². The second-order valence-corrected chi connectivity index (χ2v) is 9.54.